The van der Waals surface area contributed by atoms with Crippen molar-refractivity contribution in [1.82, 2.24) is 0 Å². The van der Waals surface area contributed by atoms with E-state index in [2.05, 4.69) is 22.9 Å². The number of nitrogens with two attached hydrogens (primary N) is 1. The quantitative estimate of drug-likeness (QED) is 0.439. The zero-order valence-corrected chi connectivity index (χ0v) is 8.88. The lowest BCUT2D eigenvalue weighted by Crippen LogP contribution is -2.22. The lowest BCUT2D eigenvalue weighted by Gasteiger charge is -2.06. The molecule has 0 bridgehead atoms. The van der Waals surface area contributed by atoms with Crippen LogP contribution in [0.1, 0.15) is 0 Å². The topological polar surface area (TPSA) is 104 Å². The monoisotopic (exact) mass is 239 g/mol. The number of hydrogen-bond acceptors (Lipinski definition) is 3. The highest BCUT2D eigenvalue weighted by Crippen LogP contribution is 2.14. The highest BCUT2D eigenvalue weighted by Gasteiger charge is 2.10. The maximum atomic E-state index is 10.9. The van der Waals surface area contributed by atoms with Crippen molar-refractivity contribution in [3.8, 4) is 0 Å². The van der Waals surface area contributed by atoms with Gasteiger partial charge in [-0.05, 0) is 30.4 Å². The fourth-order valence-electron chi connectivity index (χ4n) is 1.00. The molecule has 0 saturated heterocycles. The lowest BCUT2D eigenvalue weighted by atomic mass is 10.2. The number of rotatable bonds is 2. The molecule has 0 fully saturated rings. The summed E-state index contributed by atoms with van der Waals surface area (Å²) in [6.45, 7) is 0. The number of thiocarbonyl (C=S) groups is 1. The highest BCUT2D eigenvalue weighted by atomic mass is 32.1. The van der Waals surface area contributed by atoms with Crippen LogP contribution in [0.2, 0.25) is 0 Å². The number of carbonyl (C=O) groups is 2. The van der Waals surface area contributed by atoms with E-state index in [4.69, 9.17) is 10.8 Å². The third-order valence-corrected chi connectivity index (χ3v) is 1.68. The summed E-state index contributed by atoms with van der Waals surface area (Å²) in [5.41, 5.74) is 6.17. The number of hydrogen-bond donors (Lipinski definition) is 4. The number of benzene rings is 1. The first-order valence-corrected chi connectivity index (χ1v) is 4.60. The summed E-state index contributed by atoms with van der Waals surface area (Å²) in [6, 6.07) is 6.36. The Morgan fingerprint density at radius 2 is 1.81 bits per heavy atom. The maximum Gasteiger partial charge on any atom is 0.394 e. The second kappa shape index (κ2) is 5.08. The number of nitrogens with one attached hydrogen (secondary N) is 2. The van der Waals surface area contributed by atoms with Crippen LogP contribution in [-0.2, 0) is 9.59 Å². The van der Waals surface area contributed by atoms with Crippen molar-refractivity contribution in [3.63, 3.8) is 0 Å². The van der Waals surface area contributed by atoms with Crippen molar-refractivity contribution in [2.24, 2.45) is 5.73 Å². The van der Waals surface area contributed by atoms with Gasteiger partial charge in [0.05, 0.1) is 0 Å². The molecule has 0 atom stereocenters. The Bertz CT molecular complexity index is 447. The summed E-state index contributed by atoms with van der Waals surface area (Å²) in [7, 11) is 0. The van der Waals surface area contributed by atoms with E-state index in [-0.39, 0.29) is 5.11 Å². The fourth-order valence-corrected chi connectivity index (χ4v) is 1.12. The van der Waals surface area contributed by atoms with Gasteiger partial charge in [-0.25, -0.2) is 4.79 Å². The molecule has 0 unspecified atom stereocenters. The second-order valence-corrected chi connectivity index (χ2v) is 3.27. The van der Waals surface area contributed by atoms with Crippen LogP contribution in [0.4, 0.5) is 11.4 Å². The number of aliphatic carboxylic acids is 1. The average Bonchev–Trinajstić information content (AvgIpc) is 2.16. The molecule has 0 aliphatic carbocycles. The summed E-state index contributed by atoms with van der Waals surface area (Å²) in [5.74, 6) is -2.65. The predicted molar refractivity (Wildman–Crippen MR) is 63.1 cm³/mol. The Morgan fingerprint density at radius 3 is 2.31 bits per heavy atom. The van der Waals surface area contributed by atoms with Crippen molar-refractivity contribution < 1.29 is 14.7 Å². The lowest BCUT2D eigenvalue weighted by molar-refractivity contribution is -0.147. The summed E-state index contributed by atoms with van der Waals surface area (Å²) in [6.07, 6.45) is 0. The fraction of sp³-hybridized carbons (Fsp3) is 0. The Kier molecular flexibility index (Phi) is 3.78. The van der Waals surface area contributed by atoms with Crippen LogP contribution in [0, 0.1) is 0 Å². The van der Waals surface area contributed by atoms with Gasteiger partial charge in [0, 0.05) is 11.4 Å². The Labute approximate surface area is 96.4 Å². The molecule has 0 radical (unpaired) electrons. The van der Waals surface area contributed by atoms with Crippen molar-refractivity contribution in [1.29, 1.82) is 0 Å². The van der Waals surface area contributed by atoms with Gasteiger partial charge in [0.15, 0.2) is 5.11 Å². The first-order valence-electron chi connectivity index (χ1n) is 4.20. The molecule has 6 nitrogen and oxygen atoms in total. The Morgan fingerprint density at radius 1 is 1.25 bits per heavy atom. The van der Waals surface area contributed by atoms with Gasteiger partial charge in [-0.2, -0.15) is 0 Å². The molecular weight excluding hydrogens is 230 g/mol. The van der Waals surface area contributed by atoms with Crippen molar-refractivity contribution in [2.45, 2.75) is 0 Å². The van der Waals surface area contributed by atoms with E-state index in [9.17, 15) is 9.59 Å². The van der Waals surface area contributed by atoms with Crippen molar-refractivity contribution >= 4 is 40.6 Å². The minimum atomic E-state index is -1.55. The number of carboxylic acids is 1. The van der Waals surface area contributed by atoms with Gasteiger partial charge in [0.1, 0.15) is 0 Å². The molecule has 1 rings (SSSR count). The molecule has 5 N–H and O–H groups in total. The first kappa shape index (κ1) is 11.9. The van der Waals surface area contributed by atoms with Gasteiger partial charge in [0.2, 0.25) is 0 Å². The van der Waals surface area contributed by atoms with Crippen LogP contribution in [0.3, 0.4) is 0 Å². The molecular formula is C9H9N3O3S. The van der Waals surface area contributed by atoms with Gasteiger partial charge >= 0.3 is 11.9 Å². The Balaban J connectivity index is 2.78. The van der Waals surface area contributed by atoms with Crippen molar-refractivity contribution in [3.05, 3.63) is 24.3 Å². The van der Waals surface area contributed by atoms with Gasteiger partial charge in [0.25, 0.3) is 0 Å². The summed E-state index contributed by atoms with van der Waals surface area (Å²) < 4.78 is 0. The summed E-state index contributed by atoms with van der Waals surface area (Å²) >= 11 is 4.64. The van der Waals surface area contributed by atoms with E-state index >= 15 is 0 Å². The Hall–Kier alpha value is -2.15. The zero-order valence-electron chi connectivity index (χ0n) is 8.06. The normalized spacial score (nSPS) is 9.25. The molecule has 1 aromatic carbocycles. The second-order valence-electron chi connectivity index (χ2n) is 2.83. The van der Waals surface area contributed by atoms with Gasteiger partial charge in [-0.3, -0.25) is 4.79 Å². The van der Waals surface area contributed by atoms with Crippen LogP contribution in [0.5, 0.6) is 0 Å². The van der Waals surface area contributed by atoms with E-state index in [1.807, 2.05) is 0 Å². The van der Waals surface area contributed by atoms with Crippen LogP contribution in [0.25, 0.3) is 0 Å². The minimum absolute atomic E-state index is 0.0849. The molecule has 0 saturated carbocycles. The molecule has 0 aliphatic rings. The third kappa shape index (κ3) is 3.54. The van der Waals surface area contributed by atoms with E-state index < -0.39 is 11.9 Å². The number of anilines is 2. The molecule has 7 heteroatoms. The molecule has 0 heterocycles. The number of carboxylic acid groups (broad SMARTS) is 1. The van der Waals surface area contributed by atoms with Gasteiger partial charge < -0.3 is 21.5 Å². The summed E-state index contributed by atoms with van der Waals surface area (Å²) in [5, 5.41) is 13.3. The number of carbonyl (C=O) groups excluding carboxylic acids is 1. The molecule has 0 aliphatic heterocycles. The largest absolute Gasteiger partial charge is 0.474 e. The average molecular weight is 239 g/mol. The molecule has 1 aromatic rings. The molecule has 0 spiro atoms. The predicted octanol–water partition coefficient (Wildman–Crippen LogP) is 0.365. The minimum Gasteiger partial charge on any atom is -0.474 e. The van der Waals surface area contributed by atoms with Gasteiger partial charge in [-0.15, -0.1) is 0 Å². The third-order valence-electron chi connectivity index (χ3n) is 1.58. The standard InChI is InChI=1S/C9H9N3O3S/c10-9(16)12-6-3-1-2-5(4-6)11-7(13)8(14)15/h1-4H,(H,11,13)(H,14,15)(H3,10,12,16). The van der Waals surface area contributed by atoms with E-state index in [0.717, 1.165) is 0 Å². The molecule has 1 amide bonds. The van der Waals surface area contributed by atoms with Gasteiger partial charge in [-0.1, -0.05) is 6.07 Å². The molecule has 84 valence electrons. The van der Waals surface area contributed by atoms with Crippen LogP contribution >= 0.6 is 12.2 Å². The van der Waals surface area contributed by atoms with E-state index in [1.165, 1.54) is 6.07 Å². The maximum absolute atomic E-state index is 10.9. The van der Waals surface area contributed by atoms with Crippen LogP contribution < -0.4 is 16.4 Å². The van der Waals surface area contributed by atoms with E-state index in [1.54, 1.807) is 18.2 Å². The SMILES string of the molecule is NC(=S)Nc1cccc(NC(=O)C(=O)O)c1. The summed E-state index contributed by atoms with van der Waals surface area (Å²) in [4.78, 5) is 21.2. The van der Waals surface area contributed by atoms with Crippen molar-refractivity contribution in [2.75, 3.05) is 10.6 Å². The highest BCUT2D eigenvalue weighted by molar-refractivity contribution is 7.80. The molecule has 0 aromatic heterocycles. The zero-order chi connectivity index (χ0) is 12.1. The molecule has 16 heavy (non-hydrogen) atoms. The number of amides is 1. The van der Waals surface area contributed by atoms with Crippen LogP contribution in [0.15, 0.2) is 24.3 Å². The van der Waals surface area contributed by atoms with E-state index in [0.29, 0.717) is 11.4 Å². The smallest absolute Gasteiger partial charge is 0.394 e. The van der Waals surface area contributed by atoms with Crippen LogP contribution in [-0.4, -0.2) is 22.1 Å². The first-order chi connectivity index (χ1) is 7.49.